The first-order chi connectivity index (χ1) is 11.7. The number of nitro groups is 1. The first kappa shape index (κ1) is 16.2. The second-order valence-corrected chi connectivity index (χ2v) is 6.12. The highest BCUT2D eigenvalue weighted by Crippen LogP contribution is 2.38. The Morgan fingerprint density at radius 1 is 1.04 bits per heavy atom. The quantitative estimate of drug-likeness (QED) is 0.649. The van der Waals surface area contributed by atoms with Gasteiger partial charge in [0.1, 0.15) is 5.78 Å². The van der Waals surface area contributed by atoms with Crippen LogP contribution in [0, 0.1) is 16.0 Å². The molecule has 0 saturated heterocycles. The fourth-order valence-electron chi connectivity index (χ4n) is 3.39. The van der Waals surface area contributed by atoms with Gasteiger partial charge in [0.05, 0.1) is 16.5 Å². The lowest BCUT2D eigenvalue weighted by molar-refractivity contribution is -0.385. The third-order valence-corrected chi connectivity index (χ3v) is 4.57. The van der Waals surface area contributed by atoms with Crippen molar-refractivity contribution in [1.29, 1.82) is 0 Å². The van der Waals surface area contributed by atoms with Crippen LogP contribution >= 0.6 is 0 Å². The number of rotatable bonds is 5. The second-order valence-electron chi connectivity index (χ2n) is 6.12. The summed E-state index contributed by atoms with van der Waals surface area (Å²) in [5.74, 6) is -0.0483. The second kappa shape index (κ2) is 7.25. The molecule has 2 atom stereocenters. The summed E-state index contributed by atoms with van der Waals surface area (Å²) < 4.78 is 0. The van der Waals surface area contributed by atoms with E-state index < -0.39 is 0 Å². The molecule has 1 fully saturated rings. The van der Waals surface area contributed by atoms with E-state index in [9.17, 15) is 14.9 Å². The van der Waals surface area contributed by atoms with Crippen molar-refractivity contribution in [2.45, 2.75) is 31.7 Å². The van der Waals surface area contributed by atoms with Crippen LogP contribution in [-0.2, 0) is 4.79 Å². The summed E-state index contributed by atoms with van der Waals surface area (Å²) in [6.45, 7) is 0. The summed E-state index contributed by atoms with van der Waals surface area (Å²) >= 11 is 0. The van der Waals surface area contributed by atoms with Crippen LogP contribution in [0.15, 0.2) is 54.6 Å². The molecule has 5 heteroatoms. The molecular weight excluding hydrogens is 304 g/mol. The summed E-state index contributed by atoms with van der Waals surface area (Å²) in [7, 11) is 0. The number of carbonyl (C=O) groups excluding carboxylic acids is 1. The molecule has 0 radical (unpaired) electrons. The minimum Gasteiger partial charge on any atom is -0.377 e. The molecule has 0 aliphatic heterocycles. The van der Waals surface area contributed by atoms with E-state index in [1.165, 1.54) is 6.07 Å². The van der Waals surface area contributed by atoms with Gasteiger partial charge in [-0.25, -0.2) is 0 Å². The van der Waals surface area contributed by atoms with Crippen LogP contribution in [0.4, 0.5) is 11.4 Å². The standard InChI is InChI=1S/C19H20N2O3/c22-18-13-7-5-11-16(18)19(20-14-8-2-1-3-9-14)15-10-4-6-12-17(15)21(23)24/h1-4,6,8-10,12,16,19-20H,5,7,11,13H2/t16-,19+/m0/s1. The van der Waals surface area contributed by atoms with Crippen LogP contribution in [0.25, 0.3) is 0 Å². The van der Waals surface area contributed by atoms with E-state index in [0.29, 0.717) is 12.0 Å². The van der Waals surface area contributed by atoms with Crippen molar-refractivity contribution >= 4 is 17.2 Å². The number of Topliss-reactive ketones (excluding diaryl/α,β-unsaturated/α-hetero) is 1. The lowest BCUT2D eigenvalue weighted by atomic mass is 9.79. The molecule has 0 heterocycles. The van der Waals surface area contributed by atoms with Crippen molar-refractivity contribution in [2.24, 2.45) is 5.92 Å². The van der Waals surface area contributed by atoms with Gasteiger partial charge in [-0.1, -0.05) is 42.8 Å². The molecule has 1 aliphatic carbocycles. The first-order valence-electron chi connectivity index (χ1n) is 8.24. The maximum absolute atomic E-state index is 12.5. The van der Waals surface area contributed by atoms with Crippen molar-refractivity contribution in [3.63, 3.8) is 0 Å². The van der Waals surface area contributed by atoms with Crippen molar-refractivity contribution in [1.82, 2.24) is 0 Å². The van der Waals surface area contributed by atoms with E-state index in [2.05, 4.69) is 5.32 Å². The lowest BCUT2D eigenvalue weighted by Crippen LogP contribution is -2.30. The molecular formula is C19H20N2O3. The van der Waals surface area contributed by atoms with Gasteiger partial charge in [-0.05, 0) is 25.0 Å². The van der Waals surface area contributed by atoms with E-state index in [4.69, 9.17) is 0 Å². The Morgan fingerprint density at radius 2 is 1.75 bits per heavy atom. The van der Waals surface area contributed by atoms with Gasteiger partial charge in [-0.3, -0.25) is 14.9 Å². The molecule has 1 N–H and O–H groups in total. The fraction of sp³-hybridized carbons (Fsp3) is 0.316. The average Bonchev–Trinajstić information content (AvgIpc) is 2.61. The Labute approximate surface area is 140 Å². The van der Waals surface area contributed by atoms with Crippen LogP contribution in [-0.4, -0.2) is 10.7 Å². The Kier molecular flexibility index (Phi) is 4.89. The predicted molar refractivity (Wildman–Crippen MR) is 92.9 cm³/mol. The largest absolute Gasteiger partial charge is 0.377 e. The van der Waals surface area contributed by atoms with Crippen LogP contribution in [0.5, 0.6) is 0 Å². The molecule has 1 aliphatic rings. The van der Waals surface area contributed by atoms with E-state index in [0.717, 1.165) is 24.9 Å². The molecule has 0 spiro atoms. The summed E-state index contributed by atoms with van der Waals surface area (Å²) in [6.07, 6.45) is 3.20. The average molecular weight is 324 g/mol. The molecule has 0 unspecified atom stereocenters. The highest BCUT2D eigenvalue weighted by Gasteiger charge is 2.34. The monoisotopic (exact) mass is 324 g/mol. The highest BCUT2D eigenvalue weighted by molar-refractivity contribution is 5.83. The van der Waals surface area contributed by atoms with Crippen LogP contribution < -0.4 is 5.32 Å². The van der Waals surface area contributed by atoms with Gasteiger partial charge in [0.25, 0.3) is 5.69 Å². The van der Waals surface area contributed by atoms with Crippen molar-refractivity contribution in [3.05, 3.63) is 70.3 Å². The Bertz CT molecular complexity index is 730. The molecule has 2 aromatic rings. The summed E-state index contributed by atoms with van der Waals surface area (Å²) in [5, 5.41) is 14.8. The predicted octanol–water partition coefficient (Wildman–Crippen LogP) is 4.51. The Balaban J connectivity index is 2.01. The van der Waals surface area contributed by atoms with Crippen LogP contribution in [0.3, 0.4) is 0 Å². The molecule has 24 heavy (non-hydrogen) atoms. The van der Waals surface area contributed by atoms with E-state index in [1.807, 2.05) is 30.3 Å². The number of ketones is 1. The van der Waals surface area contributed by atoms with Gasteiger partial charge < -0.3 is 5.32 Å². The van der Waals surface area contributed by atoms with Gasteiger partial charge in [0, 0.05) is 24.1 Å². The van der Waals surface area contributed by atoms with E-state index in [-0.39, 0.29) is 28.4 Å². The zero-order valence-corrected chi connectivity index (χ0v) is 13.4. The number of hydrogen-bond donors (Lipinski definition) is 1. The van der Waals surface area contributed by atoms with Gasteiger partial charge in [-0.15, -0.1) is 0 Å². The SMILES string of the molecule is O=C1CCCC[C@@H]1[C@H](Nc1ccccc1)c1ccccc1[N+](=O)[O-]. The summed E-state index contributed by atoms with van der Waals surface area (Å²) in [6, 6.07) is 15.9. The summed E-state index contributed by atoms with van der Waals surface area (Å²) in [4.78, 5) is 23.5. The smallest absolute Gasteiger partial charge is 0.274 e. The van der Waals surface area contributed by atoms with Gasteiger partial charge in [0.15, 0.2) is 0 Å². The fourth-order valence-corrected chi connectivity index (χ4v) is 3.39. The number of para-hydroxylation sites is 2. The van der Waals surface area contributed by atoms with Crippen LogP contribution in [0.1, 0.15) is 37.3 Å². The van der Waals surface area contributed by atoms with Crippen molar-refractivity contribution < 1.29 is 9.72 Å². The van der Waals surface area contributed by atoms with Crippen molar-refractivity contribution in [2.75, 3.05) is 5.32 Å². The van der Waals surface area contributed by atoms with Crippen molar-refractivity contribution in [3.8, 4) is 0 Å². The number of nitrogens with zero attached hydrogens (tertiary/aromatic N) is 1. The number of carbonyl (C=O) groups is 1. The normalized spacial score (nSPS) is 18.8. The molecule has 0 bridgehead atoms. The first-order valence-corrected chi connectivity index (χ1v) is 8.24. The third kappa shape index (κ3) is 3.45. The summed E-state index contributed by atoms with van der Waals surface area (Å²) in [5.41, 5.74) is 1.50. The molecule has 2 aromatic carbocycles. The minimum absolute atomic E-state index is 0.0595. The van der Waals surface area contributed by atoms with Gasteiger partial charge >= 0.3 is 0 Å². The molecule has 0 amide bonds. The maximum Gasteiger partial charge on any atom is 0.274 e. The topological polar surface area (TPSA) is 72.2 Å². The number of benzene rings is 2. The molecule has 124 valence electrons. The van der Waals surface area contributed by atoms with Gasteiger partial charge in [-0.2, -0.15) is 0 Å². The van der Waals surface area contributed by atoms with Gasteiger partial charge in [0.2, 0.25) is 0 Å². The minimum atomic E-state index is -0.387. The molecule has 5 nitrogen and oxygen atoms in total. The lowest BCUT2D eigenvalue weighted by Gasteiger charge is -2.30. The number of anilines is 1. The van der Waals surface area contributed by atoms with E-state index >= 15 is 0 Å². The van der Waals surface area contributed by atoms with Crippen LogP contribution in [0.2, 0.25) is 0 Å². The Hall–Kier alpha value is -2.69. The number of hydrogen-bond acceptors (Lipinski definition) is 4. The number of nitrogens with one attached hydrogen (secondary N) is 1. The highest BCUT2D eigenvalue weighted by atomic mass is 16.6. The zero-order valence-electron chi connectivity index (χ0n) is 13.4. The molecule has 1 saturated carbocycles. The maximum atomic E-state index is 12.5. The number of nitro benzene ring substituents is 1. The molecule has 3 rings (SSSR count). The molecule has 0 aromatic heterocycles. The third-order valence-electron chi connectivity index (χ3n) is 4.57. The Morgan fingerprint density at radius 3 is 2.46 bits per heavy atom. The zero-order chi connectivity index (χ0) is 16.9. The van der Waals surface area contributed by atoms with E-state index in [1.54, 1.807) is 18.2 Å².